The highest BCUT2D eigenvalue weighted by Gasteiger charge is 2.12. The second-order valence-electron chi connectivity index (χ2n) is 4.94. The molecule has 0 spiro atoms. The van der Waals surface area contributed by atoms with Crippen molar-refractivity contribution < 1.29 is 4.79 Å². The highest BCUT2D eigenvalue weighted by Crippen LogP contribution is 2.29. The molecule has 1 aliphatic rings. The zero-order valence-corrected chi connectivity index (χ0v) is 14.7. The standard InChI is InChI=1S/C15H17N3OS3/c1-2-20-14-17-18-15(22-14)21-9-13(19)16-12-7-6-10-4-3-5-11(10)8-12/h6-8H,2-5,9H2,1H3,(H,16,19). The normalized spacial score (nSPS) is 13.1. The largest absolute Gasteiger partial charge is 0.325 e. The van der Waals surface area contributed by atoms with Crippen molar-refractivity contribution in [3.63, 3.8) is 0 Å². The van der Waals surface area contributed by atoms with E-state index in [2.05, 4.69) is 34.6 Å². The van der Waals surface area contributed by atoms with E-state index in [4.69, 9.17) is 0 Å². The SMILES string of the molecule is CCSc1nnc(SCC(=O)Nc2ccc3c(c2)CCC3)s1. The minimum absolute atomic E-state index is 0.00263. The quantitative estimate of drug-likeness (QED) is 0.801. The van der Waals surface area contributed by atoms with E-state index in [1.54, 1.807) is 23.1 Å². The summed E-state index contributed by atoms with van der Waals surface area (Å²) in [6.07, 6.45) is 3.50. The molecule has 2 aromatic rings. The second kappa shape index (κ2) is 7.48. The molecule has 1 aromatic heterocycles. The molecule has 116 valence electrons. The first-order valence-corrected chi connectivity index (χ1v) is 10.0. The van der Waals surface area contributed by atoms with Gasteiger partial charge in [-0.05, 0) is 48.3 Å². The summed E-state index contributed by atoms with van der Waals surface area (Å²) in [5.41, 5.74) is 3.68. The summed E-state index contributed by atoms with van der Waals surface area (Å²) in [6, 6.07) is 6.23. The fraction of sp³-hybridized carbons (Fsp3) is 0.400. The molecule has 0 saturated carbocycles. The summed E-state index contributed by atoms with van der Waals surface area (Å²) in [5.74, 6) is 1.35. The number of carbonyl (C=O) groups excluding carboxylic acids is 1. The number of amides is 1. The Morgan fingerprint density at radius 2 is 2.00 bits per heavy atom. The van der Waals surface area contributed by atoms with Crippen molar-refractivity contribution in [3.8, 4) is 0 Å². The Balaban J connectivity index is 1.51. The molecule has 0 bridgehead atoms. The van der Waals surface area contributed by atoms with Crippen molar-refractivity contribution in [3.05, 3.63) is 29.3 Å². The predicted molar refractivity (Wildman–Crippen MR) is 94.1 cm³/mol. The smallest absolute Gasteiger partial charge is 0.234 e. The van der Waals surface area contributed by atoms with E-state index in [0.29, 0.717) is 5.75 Å². The van der Waals surface area contributed by atoms with Crippen LogP contribution in [0.25, 0.3) is 0 Å². The average Bonchev–Trinajstić information content (AvgIpc) is 3.14. The van der Waals surface area contributed by atoms with Crippen molar-refractivity contribution in [2.45, 2.75) is 34.9 Å². The van der Waals surface area contributed by atoms with Gasteiger partial charge in [-0.3, -0.25) is 4.79 Å². The van der Waals surface area contributed by atoms with Gasteiger partial charge >= 0.3 is 0 Å². The topological polar surface area (TPSA) is 54.9 Å². The summed E-state index contributed by atoms with van der Waals surface area (Å²) in [5, 5.41) is 11.1. The fourth-order valence-electron chi connectivity index (χ4n) is 2.41. The van der Waals surface area contributed by atoms with Crippen molar-refractivity contribution in [1.29, 1.82) is 0 Å². The Morgan fingerprint density at radius 1 is 1.23 bits per heavy atom. The summed E-state index contributed by atoms with van der Waals surface area (Å²) >= 11 is 4.66. The van der Waals surface area contributed by atoms with Crippen LogP contribution in [-0.2, 0) is 17.6 Å². The van der Waals surface area contributed by atoms with E-state index in [1.165, 1.54) is 29.3 Å². The van der Waals surface area contributed by atoms with Gasteiger partial charge in [0.2, 0.25) is 5.91 Å². The van der Waals surface area contributed by atoms with Crippen LogP contribution in [0.3, 0.4) is 0 Å². The van der Waals surface area contributed by atoms with Crippen LogP contribution in [0.5, 0.6) is 0 Å². The van der Waals surface area contributed by atoms with E-state index in [9.17, 15) is 4.79 Å². The molecule has 22 heavy (non-hydrogen) atoms. The third-order valence-corrected chi connectivity index (χ3v) is 6.44. The number of benzene rings is 1. The lowest BCUT2D eigenvalue weighted by Crippen LogP contribution is -2.14. The molecule has 1 amide bonds. The van der Waals surface area contributed by atoms with Gasteiger partial charge in [0, 0.05) is 5.69 Å². The third kappa shape index (κ3) is 4.02. The molecule has 0 atom stereocenters. The number of fused-ring (bicyclic) bond motifs is 1. The maximum absolute atomic E-state index is 12.0. The van der Waals surface area contributed by atoms with Crippen molar-refractivity contribution in [1.82, 2.24) is 10.2 Å². The van der Waals surface area contributed by atoms with Crippen molar-refractivity contribution in [2.24, 2.45) is 0 Å². The van der Waals surface area contributed by atoms with Gasteiger partial charge in [0.1, 0.15) is 0 Å². The number of thioether (sulfide) groups is 2. The summed E-state index contributed by atoms with van der Waals surface area (Å²) < 4.78 is 1.81. The molecule has 1 heterocycles. The summed E-state index contributed by atoms with van der Waals surface area (Å²) in [7, 11) is 0. The predicted octanol–water partition coefficient (Wildman–Crippen LogP) is 3.87. The molecule has 0 aliphatic heterocycles. The highest BCUT2D eigenvalue weighted by atomic mass is 32.2. The molecule has 3 rings (SSSR count). The Hall–Kier alpha value is -1.05. The number of aryl methyl sites for hydroxylation is 2. The molecule has 7 heteroatoms. The van der Waals surface area contributed by atoms with Crippen molar-refractivity contribution in [2.75, 3.05) is 16.8 Å². The van der Waals surface area contributed by atoms with Crippen LogP contribution < -0.4 is 5.32 Å². The summed E-state index contributed by atoms with van der Waals surface area (Å²) in [4.78, 5) is 12.0. The molecule has 1 aromatic carbocycles. The van der Waals surface area contributed by atoms with Gasteiger partial charge in [-0.15, -0.1) is 10.2 Å². The van der Waals surface area contributed by atoms with Gasteiger partial charge in [0.05, 0.1) is 5.75 Å². The van der Waals surface area contributed by atoms with E-state index in [-0.39, 0.29) is 5.91 Å². The number of anilines is 1. The van der Waals surface area contributed by atoms with Crippen LogP contribution in [0.15, 0.2) is 26.9 Å². The zero-order valence-electron chi connectivity index (χ0n) is 12.3. The summed E-state index contributed by atoms with van der Waals surface area (Å²) in [6.45, 7) is 2.09. The first kappa shape index (κ1) is 15.8. The van der Waals surface area contributed by atoms with Crippen LogP contribution in [0.2, 0.25) is 0 Å². The first-order chi connectivity index (χ1) is 10.7. The van der Waals surface area contributed by atoms with Gasteiger partial charge < -0.3 is 5.32 Å². The van der Waals surface area contributed by atoms with Crippen LogP contribution in [0.1, 0.15) is 24.5 Å². The highest BCUT2D eigenvalue weighted by molar-refractivity contribution is 8.03. The number of nitrogens with one attached hydrogen (secondary N) is 1. The number of hydrogen-bond donors (Lipinski definition) is 1. The molecule has 4 nitrogen and oxygen atoms in total. The average molecular weight is 352 g/mol. The Kier molecular flexibility index (Phi) is 5.38. The maximum Gasteiger partial charge on any atom is 0.234 e. The Morgan fingerprint density at radius 3 is 2.82 bits per heavy atom. The zero-order chi connectivity index (χ0) is 15.4. The Bertz CT molecular complexity index is 672. The first-order valence-electron chi connectivity index (χ1n) is 7.25. The van der Waals surface area contributed by atoms with Gasteiger partial charge in [0.15, 0.2) is 8.68 Å². The minimum atomic E-state index is 0.00263. The number of carbonyl (C=O) groups is 1. The van der Waals surface area contributed by atoms with Crippen LogP contribution in [-0.4, -0.2) is 27.6 Å². The van der Waals surface area contributed by atoms with E-state index in [1.807, 2.05) is 6.07 Å². The second-order valence-corrected chi connectivity index (χ2v) is 8.65. The molecular formula is C15H17N3OS3. The fourth-order valence-corrected chi connectivity index (χ4v) is 5.13. The lowest BCUT2D eigenvalue weighted by Gasteiger charge is -2.06. The van der Waals surface area contributed by atoms with Crippen LogP contribution in [0, 0.1) is 0 Å². The minimum Gasteiger partial charge on any atom is -0.325 e. The molecule has 1 N–H and O–H groups in total. The monoisotopic (exact) mass is 351 g/mol. The lowest BCUT2D eigenvalue weighted by molar-refractivity contribution is -0.113. The molecule has 0 radical (unpaired) electrons. The number of rotatable bonds is 6. The molecule has 0 fully saturated rings. The van der Waals surface area contributed by atoms with E-state index >= 15 is 0 Å². The molecule has 0 unspecified atom stereocenters. The van der Waals surface area contributed by atoms with Gasteiger partial charge in [-0.25, -0.2) is 0 Å². The van der Waals surface area contributed by atoms with Gasteiger partial charge in [-0.2, -0.15) is 0 Å². The van der Waals surface area contributed by atoms with Crippen LogP contribution in [0.4, 0.5) is 5.69 Å². The number of hydrogen-bond acceptors (Lipinski definition) is 6. The maximum atomic E-state index is 12.0. The van der Waals surface area contributed by atoms with E-state index < -0.39 is 0 Å². The number of nitrogens with zero attached hydrogens (tertiary/aromatic N) is 2. The van der Waals surface area contributed by atoms with E-state index in [0.717, 1.165) is 33.0 Å². The molecule has 1 aliphatic carbocycles. The van der Waals surface area contributed by atoms with Gasteiger partial charge in [-0.1, -0.05) is 47.9 Å². The lowest BCUT2D eigenvalue weighted by atomic mass is 10.1. The molecule has 0 saturated heterocycles. The number of aromatic nitrogens is 2. The van der Waals surface area contributed by atoms with Crippen LogP contribution >= 0.6 is 34.9 Å². The van der Waals surface area contributed by atoms with Crippen molar-refractivity contribution >= 4 is 46.5 Å². The van der Waals surface area contributed by atoms with Gasteiger partial charge in [0.25, 0.3) is 0 Å². The third-order valence-electron chi connectivity index (χ3n) is 3.36. The molecular weight excluding hydrogens is 334 g/mol. The Labute approximate surface area is 142 Å².